The fourth-order valence-electron chi connectivity index (χ4n) is 2.63. The Morgan fingerprint density at radius 2 is 1.81 bits per heavy atom. The monoisotopic (exact) mass is 296 g/mol. The topological polar surface area (TPSA) is 62.4 Å². The first-order chi connectivity index (χ1) is 10.2. The van der Waals surface area contributed by atoms with Gasteiger partial charge in [0, 0.05) is 18.7 Å². The molecule has 1 aromatic rings. The summed E-state index contributed by atoms with van der Waals surface area (Å²) in [5.41, 5.74) is 3.14. The number of aliphatic imine (C=N–C) groups is 1. The number of rotatable bonds is 4. The molecule has 0 heterocycles. The third-order valence-electron chi connectivity index (χ3n) is 3.68. The Morgan fingerprint density at radius 1 is 1.14 bits per heavy atom. The van der Waals surface area contributed by atoms with Crippen molar-refractivity contribution in [2.45, 2.75) is 44.6 Å². The average Bonchev–Trinajstić information content (AvgIpc) is 2.46. The second kappa shape index (κ2) is 7.93. The maximum absolute atomic E-state index is 13.1. The van der Waals surface area contributed by atoms with Crippen molar-refractivity contribution in [2.75, 3.05) is 6.54 Å². The van der Waals surface area contributed by atoms with Crippen LogP contribution in [0.1, 0.15) is 37.7 Å². The van der Waals surface area contributed by atoms with Crippen LogP contribution >= 0.6 is 0 Å². The Kier molecular flexibility index (Phi) is 5.92. The van der Waals surface area contributed by atoms with E-state index in [1.54, 1.807) is 0 Å². The van der Waals surface area contributed by atoms with Crippen LogP contribution in [0.25, 0.3) is 0 Å². The lowest BCUT2D eigenvalue weighted by Crippen LogP contribution is -2.47. The van der Waals surface area contributed by atoms with Crippen molar-refractivity contribution in [1.29, 1.82) is 0 Å². The molecule has 4 N–H and O–H groups in total. The van der Waals surface area contributed by atoms with Crippen LogP contribution in [0.3, 0.4) is 0 Å². The summed E-state index contributed by atoms with van der Waals surface area (Å²) in [6.45, 7) is 0.419. The highest BCUT2D eigenvalue weighted by Gasteiger charge is 2.14. The van der Waals surface area contributed by atoms with Crippen LogP contribution in [0.4, 0.5) is 8.78 Å². The van der Waals surface area contributed by atoms with Gasteiger partial charge in [0.2, 0.25) is 5.96 Å². The van der Waals surface area contributed by atoms with Gasteiger partial charge in [-0.3, -0.25) is 10.4 Å². The van der Waals surface area contributed by atoms with Crippen LogP contribution in [0, 0.1) is 11.6 Å². The molecule has 0 bridgehead atoms. The van der Waals surface area contributed by atoms with Gasteiger partial charge < -0.3 is 5.32 Å². The molecule has 0 amide bonds. The number of nitrogens with one attached hydrogen (secondary N) is 2. The first kappa shape index (κ1) is 15.7. The summed E-state index contributed by atoms with van der Waals surface area (Å²) in [7, 11) is 0. The maximum atomic E-state index is 13.1. The molecule has 21 heavy (non-hydrogen) atoms. The van der Waals surface area contributed by atoms with E-state index in [2.05, 4.69) is 15.7 Å². The molecule has 4 nitrogen and oxygen atoms in total. The Morgan fingerprint density at radius 3 is 2.43 bits per heavy atom. The minimum absolute atomic E-state index is 0.403. The molecule has 1 saturated carbocycles. The minimum atomic E-state index is -0.563. The van der Waals surface area contributed by atoms with Crippen LogP contribution in [0.15, 0.2) is 23.2 Å². The van der Waals surface area contributed by atoms with E-state index >= 15 is 0 Å². The fourth-order valence-corrected chi connectivity index (χ4v) is 2.63. The number of benzene rings is 1. The van der Waals surface area contributed by atoms with Gasteiger partial charge in [0.1, 0.15) is 11.6 Å². The highest BCUT2D eigenvalue weighted by molar-refractivity contribution is 5.79. The standard InChI is InChI=1S/C15H22F2N4/c16-12-8-11(9-13(17)10-12)6-7-19-15(21-18)20-14-4-2-1-3-5-14/h8-10,14H,1-7,18H2,(H2,19,20,21). The molecular formula is C15H22F2N4. The highest BCUT2D eigenvalue weighted by Crippen LogP contribution is 2.17. The van der Waals surface area contributed by atoms with E-state index in [1.807, 2.05) is 0 Å². The van der Waals surface area contributed by atoms with E-state index in [4.69, 9.17) is 5.84 Å². The quantitative estimate of drug-likeness (QED) is 0.346. The van der Waals surface area contributed by atoms with Crippen LogP contribution in [0.2, 0.25) is 0 Å². The predicted molar refractivity (Wildman–Crippen MR) is 79.7 cm³/mol. The van der Waals surface area contributed by atoms with E-state index in [9.17, 15) is 8.78 Å². The fraction of sp³-hybridized carbons (Fsp3) is 0.533. The molecule has 1 fully saturated rings. The number of hydrazine groups is 1. The lowest BCUT2D eigenvalue weighted by molar-refractivity contribution is 0.410. The largest absolute Gasteiger partial charge is 0.353 e. The van der Waals surface area contributed by atoms with E-state index < -0.39 is 11.6 Å². The van der Waals surface area contributed by atoms with Crippen LogP contribution in [-0.2, 0) is 6.42 Å². The average molecular weight is 296 g/mol. The summed E-state index contributed by atoms with van der Waals surface area (Å²) < 4.78 is 26.1. The zero-order chi connectivity index (χ0) is 15.1. The van der Waals surface area contributed by atoms with E-state index in [0.29, 0.717) is 30.5 Å². The highest BCUT2D eigenvalue weighted by atomic mass is 19.1. The molecule has 1 aliphatic carbocycles. The molecule has 1 aromatic carbocycles. The van der Waals surface area contributed by atoms with Gasteiger partial charge in [-0.1, -0.05) is 19.3 Å². The van der Waals surface area contributed by atoms with E-state index in [1.165, 1.54) is 31.4 Å². The zero-order valence-corrected chi connectivity index (χ0v) is 12.0. The Hall–Kier alpha value is -1.69. The summed E-state index contributed by atoms with van der Waals surface area (Å²) in [6, 6.07) is 3.91. The van der Waals surface area contributed by atoms with Gasteiger partial charge in [-0.05, 0) is 37.0 Å². The minimum Gasteiger partial charge on any atom is -0.353 e. The number of guanidine groups is 1. The number of hydrogen-bond acceptors (Lipinski definition) is 2. The number of halogens is 2. The van der Waals surface area contributed by atoms with Crippen molar-refractivity contribution in [3.8, 4) is 0 Å². The van der Waals surface area contributed by atoms with Crippen molar-refractivity contribution in [3.63, 3.8) is 0 Å². The lowest BCUT2D eigenvalue weighted by atomic mass is 9.96. The maximum Gasteiger partial charge on any atom is 0.205 e. The van der Waals surface area contributed by atoms with Crippen molar-refractivity contribution in [2.24, 2.45) is 10.8 Å². The molecule has 2 rings (SSSR count). The molecule has 1 aliphatic rings. The smallest absolute Gasteiger partial charge is 0.205 e. The zero-order valence-electron chi connectivity index (χ0n) is 12.0. The van der Waals surface area contributed by atoms with E-state index in [-0.39, 0.29) is 0 Å². The van der Waals surface area contributed by atoms with Gasteiger partial charge in [0.15, 0.2) is 0 Å². The molecule has 0 saturated heterocycles. The number of nitrogens with zero attached hydrogens (tertiary/aromatic N) is 1. The molecule has 6 heteroatoms. The van der Waals surface area contributed by atoms with E-state index in [0.717, 1.165) is 18.9 Å². The summed E-state index contributed by atoms with van der Waals surface area (Å²) >= 11 is 0. The third-order valence-corrected chi connectivity index (χ3v) is 3.68. The number of hydrogen-bond donors (Lipinski definition) is 3. The van der Waals surface area contributed by atoms with Gasteiger partial charge in [0.25, 0.3) is 0 Å². The van der Waals surface area contributed by atoms with Crippen molar-refractivity contribution in [1.82, 2.24) is 10.7 Å². The molecule has 0 spiro atoms. The van der Waals surface area contributed by atoms with Gasteiger partial charge in [-0.15, -0.1) is 0 Å². The Balaban J connectivity index is 1.85. The van der Waals surface area contributed by atoms with Gasteiger partial charge in [-0.2, -0.15) is 0 Å². The summed E-state index contributed by atoms with van der Waals surface area (Å²) in [4.78, 5) is 4.32. The van der Waals surface area contributed by atoms with Gasteiger partial charge in [-0.25, -0.2) is 14.6 Å². The van der Waals surface area contributed by atoms with Crippen LogP contribution < -0.4 is 16.6 Å². The summed E-state index contributed by atoms with van der Waals surface area (Å²) in [5, 5.41) is 3.28. The Bertz CT molecular complexity index is 464. The summed E-state index contributed by atoms with van der Waals surface area (Å²) in [6.07, 6.45) is 6.43. The molecule has 0 radical (unpaired) electrons. The SMILES string of the molecule is NNC(=NCCc1cc(F)cc(F)c1)NC1CCCCC1. The second-order valence-electron chi connectivity index (χ2n) is 5.38. The third kappa shape index (κ3) is 5.30. The second-order valence-corrected chi connectivity index (χ2v) is 5.38. The molecule has 116 valence electrons. The van der Waals surface area contributed by atoms with Crippen LogP contribution in [-0.4, -0.2) is 18.5 Å². The molecule has 0 aromatic heterocycles. The van der Waals surface area contributed by atoms with Crippen molar-refractivity contribution < 1.29 is 8.78 Å². The number of nitrogens with two attached hydrogens (primary N) is 1. The molecule has 0 aliphatic heterocycles. The lowest BCUT2D eigenvalue weighted by Gasteiger charge is -2.24. The van der Waals surface area contributed by atoms with Crippen molar-refractivity contribution >= 4 is 5.96 Å². The van der Waals surface area contributed by atoms with Gasteiger partial charge in [0.05, 0.1) is 0 Å². The Labute approximate surface area is 123 Å². The normalized spacial score (nSPS) is 16.8. The summed E-state index contributed by atoms with van der Waals surface area (Å²) in [5.74, 6) is 4.87. The molecular weight excluding hydrogens is 274 g/mol. The van der Waals surface area contributed by atoms with Gasteiger partial charge >= 0.3 is 0 Å². The molecule has 0 atom stereocenters. The van der Waals surface area contributed by atoms with Crippen LogP contribution in [0.5, 0.6) is 0 Å². The van der Waals surface area contributed by atoms with Crippen molar-refractivity contribution in [3.05, 3.63) is 35.4 Å². The predicted octanol–water partition coefficient (Wildman–Crippen LogP) is 2.25. The first-order valence-corrected chi connectivity index (χ1v) is 7.40. The first-order valence-electron chi connectivity index (χ1n) is 7.40. The molecule has 0 unspecified atom stereocenters.